The first kappa shape index (κ1) is 13.7. The molecule has 102 valence electrons. The van der Waals surface area contributed by atoms with Gasteiger partial charge in [-0.05, 0) is 6.07 Å². The maximum absolute atomic E-state index is 13.8. The summed E-state index contributed by atoms with van der Waals surface area (Å²) in [6.07, 6.45) is 1.41. The minimum absolute atomic E-state index is 0.105. The van der Waals surface area contributed by atoms with E-state index in [4.69, 9.17) is 16.0 Å². The molecule has 19 heavy (non-hydrogen) atoms. The maximum atomic E-state index is 13.8. The lowest BCUT2D eigenvalue weighted by Gasteiger charge is -2.12. The van der Waals surface area contributed by atoms with Crippen molar-refractivity contribution in [2.75, 3.05) is 0 Å². The van der Waals surface area contributed by atoms with E-state index in [0.29, 0.717) is 5.76 Å². The molecule has 0 bridgehead atoms. The number of phenolic OH excluding ortho intramolecular Hbond substituents is 1. The molecule has 0 aliphatic rings. The van der Waals surface area contributed by atoms with Crippen LogP contribution in [0.4, 0.5) is 4.39 Å². The summed E-state index contributed by atoms with van der Waals surface area (Å²) in [6, 6.07) is 2.03. The quantitative estimate of drug-likeness (QED) is 0.875. The van der Waals surface area contributed by atoms with E-state index in [-0.39, 0.29) is 21.9 Å². The number of halogens is 2. The molecule has 1 N–H and O–H groups in total. The van der Waals surface area contributed by atoms with Crippen LogP contribution in [0.2, 0.25) is 5.02 Å². The van der Waals surface area contributed by atoms with Crippen LogP contribution in [0.1, 0.15) is 26.5 Å². The highest BCUT2D eigenvalue weighted by atomic mass is 35.5. The SMILES string of the molecule is CC(C)(C)c1cn(-c2cc(O)c(Cl)cc2F)c(=O)o1. The van der Waals surface area contributed by atoms with Gasteiger partial charge in [0.1, 0.15) is 17.3 Å². The van der Waals surface area contributed by atoms with Crippen molar-refractivity contribution in [1.29, 1.82) is 0 Å². The van der Waals surface area contributed by atoms with Gasteiger partial charge in [0.2, 0.25) is 0 Å². The summed E-state index contributed by atoms with van der Waals surface area (Å²) in [7, 11) is 0. The molecule has 1 heterocycles. The molecule has 2 rings (SSSR count). The van der Waals surface area contributed by atoms with Crippen molar-refractivity contribution in [2.45, 2.75) is 26.2 Å². The predicted molar refractivity (Wildman–Crippen MR) is 69.6 cm³/mol. The number of phenols is 1. The smallest absolute Gasteiger partial charge is 0.423 e. The Hall–Kier alpha value is -1.75. The summed E-state index contributed by atoms with van der Waals surface area (Å²) in [4.78, 5) is 11.8. The first-order chi connectivity index (χ1) is 8.70. The van der Waals surface area contributed by atoms with Gasteiger partial charge < -0.3 is 9.52 Å². The van der Waals surface area contributed by atoms with Gasteiger partial charge in [-0.25, -0.2) is 13.8 Å². The largest absolute Gasteiger partial charge is 0.506 e. The van der Waals surface area contributed by atoms with Gasteiger partial charge in [-0.1, -0.05) is 32.4 Å². The first-order valence-corrected chi connectivity index (χ1v) is 5.99. The van der Waals surface area contributed by atoms with E-state index in [9.17, 15) is 14.3 Å². The molecule has 0 spiro atoms. The number of hydrogen-bond acceptors (Lipinski definition) is 3. The predicted octanol–water partition coefficient (Wildman–Crippen LogP) is 3.23. The number of hydrogen-bond donors (Lipinski definition) is 1. The van der Waals surface area contributed by atoms with Gasteiger partial charge in [0.15, 0.2) is 0 Å². The monoisotopic (exact) mass is 285 g/mol. The molecule has 4 nitrogen and oxygen atoms in total. The number of nitrogens with zero attached hydrogens (tertiary/aromatic N) is 1. The lowest BCUT2D eigenvalue weighted by Crippen LogP contribution is -2.12. The molecule has 0 saturated carbocycles. The van der Waals surface area contributed by atoms with Crippen LogP contribution in [-0.2, 0) is 5.41 Å². The van der Waals surface area contributed by atoms with Crippen LogP contribution < -0.4 is 5.76 Å². The third-order valence-electron chi connectivity index (χ3n) is 2.66. The van der Waals surface area contributed by atoms with E-state index in [1.165, 1.54) is 6.20 Å². The highest BCUT2D eigenvalue weighted by Crippen LogP contribution is 2.29. The minimum atomic E-state index is -0.717. The second kappa shape index (κ2) is 4.42. The van der Waals surface area contributed by atoms with E-state index in [2.05, 4.69) is 0 Å². The summed E-state index contributed by atoms with van der Waals surface area (Å²) < 4.78 is 19.9. The van der Waals surface area contributed by atoms with Crippen LogP contribution in [0, 0.1) is 5.82 Å². The third-order valence-corrected chi connectivity index (χ3v) is 2.96. The summed E-state index contributed by atoms with van der Waals surface area (Å²) in [5, 5.41) is 9.38. The fourth-order valence-electron chi connectivity index (χ4n) is 1.57. The van der Waals surface area contributed by atoms with Crippen molar-refractivity contribution in [2.24, 2.45) is 0 Å². The number of benzene rings is 1. The lowest BCUT2D eigenvalue weighted by molar-refractivity contribution is 0.385. The van der Waals surface area contributed by atoms with Gasteiger partial charge in [-0.15, -0.1) is 0 Å². The normalized spacial score (nSPS) is 11.8. The molecule has 0 amide bonds. The molecule has 0 aliphatic carbocycles. The zero-order chi connectivity index (χ0) is 14.4. The molecule has 0 unspecified atom stereocenters. The fourth-order valence-corrected chi connectivity index (χ4v) is 1.72. The molecule has 0 saturated heterocycles. The molecular weight excluding hydrogens is 273 g/mol. The number of oxazole rings is 1. The van der Waals surface area contributed by atoms with Crippen LogP contribution in [-0.4, -0.2) is 9.67 Å². The Bertz CT molecular complexity index is 682. The summed E-state index contributed by atoms with van der Waals surface area (Å²) >= 11 is 5.59. The fraction of sp³-hybridized carbons (Fsp3) is 0.308. The van der Waals surface area contributed by atoms with Crippen LogP contribution >= 0.6 is 11.6 Å². The Kier molecular flexibility index (Phi) is 3.18. The van der Waals surface area contributed by atoms with Gasteiger partial charge in [-0.3, -0.25) is 0 Å². The molecule has 1 aromatic carbocycles. The second-order valence-corrected chi connectivity index (χ2v) is 5.64. The van der Waals surface area contributed by atoms with Crippen molar-refractivity contribution in [3.05, 3.63) is 45.5 Å². The van der Waals surface area contributed by atoms with Crippen molar-refractivity contribution >= 4 is 11.6 Å². The molecule has 2 aromatic rings. The molecular formula is C13H13ClFNO3. The average Bonchev–Trinajstić information content (AvgIpc) is 2.65. The van der Waals surface area contributed by atoms with Gasteiger partial charge >= 0.3 is 5.76 Å². The van der Waals surface area contributed by atoms with Crippen LogP contribution in [0.3, 0.4) is 0 Å². The summed E-state index contributed by atoms with van der Waals surface area (Å²) in [6.45, 7) is 5.60. The van der Waals surface area contributed by atoms with E-state index in [1.54, 1.807) is 0 Å². The number of aromatic hydroxyl groups is 1. The summed E-state index contributed by atoms with van der Waals surface area (Å²) in [5.41, 5.74) is -0.485. The topological polar surface area (TPSA) is 55.4 Å². The first-order valence-electron chi connectivity index (χ1n) is 5.61. The minimum Gasteiger partial charge on any atom is -0.506 e. The van der Waals surface area contributed by atoms with Crippen molar-refractivity contribution in [3.63, 3.8) is 0 Å². The molecule has 0 fully saturated rings. The van der Waals surface area contributed by atoms with E-state index in [1.807, 2.05) is 20.8 Å². The number of rotatable bonds is 1. The Morgan fingerprint density at radius 2 is 2.00 bits per heavy atom. The Labute approximate surface area is 114 Å². The zero-order valence-corrected chi connectivity index (χ0v) is 11.5. The molecule has 0 radical (unpaired) electrons. The Morgan fingerprint density at radius 1 is 1.37 bits per heavy atom. The highest BCUT2D eigenvalue weighted by Gasteiger charge is 2.22. The van der Waals surface area contributed by atoms with Crippen LogP contribution in [0.5, 0.6) is 5.75 Å². The zero-order valence-electron chi connectivity index (χ0n) is 10.7. The van der Waals surface area contributed by atoms with Gasteiger partial charge in [-0.2, -0.15) is 0 Å². The van der Waals surface area contributed by atoms with Crippen molar-refractivity contribution in [1.82, 2.24) is 4.57 Å². The van der Waals surface area contributed by atoms with E-state index < -0.39 is 11.6 Å². The molecule has 1 aromatic heterocycles. The Balaban J connectivity index is 2.64. The highest BCUT2D eigenvalue weighted by molar-refractivity contribution is 6.32. The molecule has 0 aliphatic heterocycles. The van der Waals surface area contributed by atoms with Crippen molar-refractivity contribution < 1.29 is 13.9 Å². The van der Waals surface area contributed by atoms with E-state index >= 15 is 0 Å². The van der Waals surface area contributed by atoms with Gasteiger partial charge in [0.25, 0.3) is 0 Å². The average molecular weight is 286 g/mol. The van der Waals surface area contributed by atoms with Gasteiger partial charge in [0.05, 0.1) is 16.9 Å². The molecule has 6 heteroatoms. The second-order valence-electron chi connectivity index (χ2n) is 5.24. The standard InChI is InChI=1S/C13H13ClFNO3/c1-13(2,3)11-6-16(12(18)19-11)9-5-10(17)7(14)4-8(9)15/h4-6,17H,1-3H3. The van der Waals surface area contributed by atoms with Crippen molar-refractivity contribution in [3.8, 4) is 11.4 Å². The van der Waals surface area contributed by atoms with E-state index in [0.717, 1.165) is 16.7 Å². The summed E-state index contributed by atoms with van der Waals surface area (Å²) in [5.74, 6) is -1.31. The van der Waals surface area contributed by atoms with Crippen LogP contribution in [0.25, 0.3) is 5.69 Å². The lowest BCUT2D eigenvalue weighted by atomic mass is 9.94. The molecule has 0 atom stereocenters. The Morgan fingerprint density at radius 3 is 2.53 bits per heavy atom. The van der Waals surface area contributed by atoms with Crippen LogP contribution in [0.15, 0.2) is 27.5 Å². The van der Waals surface area contributed by atoms with Gasteiger partial charge in [0, 0.05) is 11.5 Å². The third kappa shape index (κ3) is 2.51. The number of aromatic nitrogens is 1. The maximum Gasteiger partial charge on any atom is 0.423 e.